The molecule has 0 aliphatic rings. The Morgan fingerprint density at radius 1 is 1.56 bits per heavy atom. The predicted octanol–water partition coefficient (Wildman–Crippen LogP) is 1.04. The molecule has 0 unspecified atom stereocenters. The van der Waals surface area contributed by atoms with Gasteiger partial charge in [0.15, 0.2) is 0 Å². The molecule has 0 spiro atoms. The average molecular weight is 221 g/mol. The van der Waals surface area contributed by atoms with Gasteiger partial charge in [0, 0.05) is 39.0 Å². The number of nitrogens with zero attached hydrogens (tertiary/aromatic N) is 2. The number of nitrogens with one attached hydrogen (secondary N) is 1. The van der Waals surface area contributed by atoms with Gasteiger partial charge in [0.2, 0.25) is 5.91 Å². The second kappa shape index (κ2) is 6.95. The number of carbonyl (C=O) groups is 1. The van der Waals surface area contributed by atoms with Crippen LogP contribution < -0.4 is 5.32 Å². The molecule has 16 heavy (non-hydrogen) atoms. The summed E-state index contributed by atoms with van der Waals surface area (Å²) in [5.41, 5.74) is 1.06. The molecule has 4 nitrogen and oxygen atoms in total. The summed E-state index contributed by atoms with van der Waals surface area (Å²) in [5.74, 6) is 0.157. The molecule has 0 bridgehead atoms. The van der Waals surface area contributed by atoms with E-state index in [0.717, 1.165) is 18.7 Å². The Bertz CT molecular complexity index is 313. The van der Waals surface area contributed by atoms with Gasteiger partial charge in [-0.1, -0.05) is 13.0 Å². The fourth-order valence-electron chi connectivity index (χ4n) is 1.42. The molecule has 1 amide bonds. The highest BCUT2D eigenvalue weighted by Crippen LogP contribution is 2.01. The normalized spacial score (nSPS) is 10.1. The first-order chi connectivity index (χ1) is 7.74. The Hall–Kier alpha value is -1.42. The largest absolute Gasteiger partial charge is 0.341 e. The molecule has 0 aliphatic carbocycles. The number of hydrogen-bond acceptors (Lipinski definition) is 3. The van der Waals surface area contributed by atoms with Crippen LogP contribution in [-0.4, -0.2) is 35.9 Å². The van der Waals surface area contributed by atoms with E-state index in [4.69, 9.17) is 0 Å². The fourth-order valence-corrected chi connectivity index (χ4v) is 1.42. The lowest BCUT2D eigenvalue weighted by Crippen LogP contribution is -2.29. The number of carbonyl (C=O) groups excluding carboxylic acids is 1. The van der Waals surface area contributed by atoms with Crippen molar-refractivity contribution in [2.75, 3.05) is 20.1 Å². The number of aromatic nitrogens is 1. The van der Waals surface area contributed by atoms with Crippen LogP contribution in [0.15, 0.2) is 24.5 Å². The summed E-state index contributed by atoms with van der Waals surface area (Å²) in [6.07, 6.45) is 4.06. The van der Waals surface area contributed by atoms with Gasteiger partial charge in [-0.3, -0.25) is 9.78 Å². The van der Waals surface area contributed by atoms with Crippen molar-refractivity contribution in [1.82, 2.24) is 15.2 Å². The van der Waals surface area contributed by atoms with Crippen molar-refractivity contribution in [3.05, 3.63) is 30.1 Å². The van der Waals surface area contributed by atoms with E-state index in [1.807, 2.05) is 26.1 Å². The van der Waals surface area contributed by atoms with Crippen LogP contribution in [0.25, 0.3) is 0 Å². The summed E-state index contributed by atoms with van der Waals surface area (Å²) in [5, 5.41) is 3.14. The van der Waals surface area contributed by atoms with E-state index in [1.165, 1.54) is 0 Å². The third-order valence-corrected chi connectivity index (χ3v) is 2.33. The van der Waals surface area contributed by atoms with E-state index in [0.29, 0.717) is 13.0 Å². The van der Waals surface area contributed by atoms with Crippen LogP contribution >= 0.6 is 0 Å². The molecule has 1 heterocycles. The van der Waals surface area contributed by atoms with E-state index < -0.39 is 0 Å². The minimum Gasteiger partial charge on any atom is -0.341 e. The molecule has 0 radical (unpaired) electrons. The summed E-state index contributed by atoms with van der Waals surface area (Å²) in [4.78, 5) is 17.4. The van der Waals surface area contributed by atoms with E-state index in [1.54, 1.807) is 17.3 Å². The number of amides is 1. The third-order valence-electron chi connectivity index (χ3n) is 2.33. The van der Waals surface area contributed by atoms with Crippen LogP contribution in [0, 0.1) is 0 Å². The van der Waals surface area contributed by atoms with Crippen molar-refractivity contribution in [3.8, 4) is 0 Å². The van der Waals surface area contributed by atoms with Crippen LogP contribution in [0.2, 0.25) is 0 Å². The van der Waals surface area contributed by atoms with Gasteiger partial charge in [-0.15, -0.1) is 0 Å². The van der Waals surface area contributed by atoms with Gasteiger partial charge in [-0.25, -0.2) is 0 Å². The van der Waals surface area contributed by atoms with Gasteiger partial charge < -0.3 is 10.2 Å². The monoisotopic (exact) mass is 221 g/mol. The number of rotatable bonds is 6. The number of hydrogen-bond donors (Lipinski definition) is 1. The van der Waals surface area contributed by atoms with Crippen LogP contribution in [0.3, 0.4) is 0 Å². The molecule has 0 saturated heterocycles. The molecule has 0 atom stereocenters. The lowest BCUT2D eigenvalue weighted by molar-refractivity contribution is -0.130. The molecule has 0 fully saturated rings. The van der Waals surface area contributed by atoms with Crippen molar-refractivity contribution in [3.63, 3.8) is 0 Å². The van der Waals surface area contributed by atoms with Crippen molar-refractivity contribution < 1.29 is 4.79 Å². The lowest BCUT2D eigenvalue weighted by atomic mass is 10.2. The minimum atomic E-state index is 0.157. The Morgan fingerprint density at radius 3 is 3.00 bits per heavy atom. The van der Waals surface area contributed by atoms with Crippen LogP contribution in [0.4, 0.5) is 0 Å². The SMILES string of the molecule is CCNCCC(=O)N(C)Cc1cccnc1. The van der Waals surface area contributed by atoms with Crippen LogP contribution in [0.1, 0.15) is 18.9 Å². The first-order valence-electron chi connectivity index (χ1n) is 5.57. The molecule has 0 aliphatic heterocycles. The zero-order valence-corrected chi connectivity index (χ0v) is 9.94. The lowest BCUT2D eigenvalue weighted by Gasteiger charge is -2.17. The maximum absolute atomic E-state index is 11.7. The second-order valence-electron chi connectivity index (χ2n) is 3.71. The fraction of sp³-hybridized carbons (Fsp3) is 0.500. The first-order valence-corrected chi connectivity index (χ1v) is 5.57. The van der Waals surface area contributed by atoms with E-state index in [-0.39, 0.29) is 5.91 Å². The molecule has 0 aromatic carbocycles. The number of pyridine rings is 1. The Kier molecular flexibility index (Phi) is 5.50. The van der Waals surface area contributed by atoms with Gasteiger partial charge in [0.25, 0.3) is 0 Å². The second-order valence-corrected chi connectivity index (χ2v) is 3.71. The summed E-state index contributed by atoms with van der Waals surface area (Å²) in [6, 6.07) is 3.85. The summed E-state index contributed by atoms with van der Waals surface area (Å²) in [6.45, 7) is 4.30. The zero-order chi connectivity index (χ0) is 11.8. The molecular formula is C12H19N3O. The van der Waals surface area contributed by atoms with Gasteiger partial charge in [-0.2, -0.15) is 0 Å². The van der Waals surface area contributed by atoms with Crippen LogP contribution in [-0.2, 0) is 11.3 Å². The van der Waals surface area contributed by atoms with Crippen molar-refractivity contribution in [2.45, 2.75) is 19.9 Å². The molecule has 1 N–H and O–H groups in total. The highest BCUT2D eigenvalue weighted by atomic mass is 16.2. The standard InChI is InChI=1S/C12H19N3O/c1-3-13-8-6-12(16)15(2)10-11-5-4-7-14-9-11/h4-5,7,9,13H,3,6,8,10H2,1-2H3. The van der Waals surface area contributed by atoms with Crippen LogP contribution in [0.5, 0.6) is 0 Å². The molecule has 1 rings (SSSR count). The summed E-state index contributed by atoms with van der Waals surface area (Å²) in [7, 11) is 1.82. The smallest absolute Gasteiger partial charge is 0.223 e. The molecule has 1 aromatic heterocycles. The maximum atomic E-state index is 11.7. The molecule has 1 aromatic rings. The van der Waals surface area contributed by atoms with Gasteiger partial charge in [-0.05, 0) is 18.2 Å². The summed E-state index contributed by atoms with van der Waals surface area (Å²) < 4.78 is 0. The van der Waals surface area contributed by atoms with Crippen molar-refractivity contribution >= 4 is 5.91 Å². The third kappa shape index (κ3) is 4.40. The average Bonchev–Trinajstić information content (AvgIpc) is 2.30. The molecule has 0 saturated carbocycles. The van der Waals surface area contributed by atoms with Crippen molar-refractivity contribution in [1.29, 1.82) is 0 Å². The molecule has 88 valence electrons. The topological polar surface area (TPSA) is 45.2 Å². The highest BCUT2D eigenvalue weighted by Gasteiger charge is 2.08. The van der Waals surface area contributed by atoms with Crippen molar-refractivity contribution in [2.24, 2.45) is 0 Å². The quantitative estimate of drug-likeness (QED) is 0.730. The Balaban J connectivity index is 2.34. The Labute approximate surface area is 96.7 Å². The summed E-state index contributed by atoms with van der Waals surface area (Å²) >= 11 is 0. The van der Waals surface area contributed by atoms with E-state index in [2.05, 4.69) is 10.3 Å². The first kappa shape index (κ1) is 12.6. The maximum Gasteiger partial charge on any atom is 0.223 e. The molecule has 4 heteroatoms. The highest BCUT2D eigenvalue weighted by molar-refractivity contribution is 5.76. The van der Waals surface area contributed by atoms with Gasteiger partial charge in [0.05, 0.1) is 0 Å². The van der Waals surface area contributed by atoms with Gasteiger partial charge >= 0.3 is 0 Å². The predicted molar refractivity (Wildman–Crippen MR) is 63.9 cm³/mol. The van der Waals surface area contributed by atoms with E-state index in [9.17, 15) is 4.79 Å². The van der Waals surface area contributed by atoms with E-state index >= 15 is 0 Å². The minimum absolute atomic E-state index is 0.157. The zero-order valence-electron chi connectivity index (χ0n) is 9.94. The van der Waals surface area contributed by atoms with Gasteiger partial charge in [0.1, 0.15) is 0 Å². The Morgan fingerprint density at radius 2 is 2.38 bits per heavy atom. The molecular weight excluding hydrogens is 202 g/mol.